The van der Waals surface area contributed by atoms with Crippen LogP contribution < -0.4 is 15.4 Å². The maximum absolute atomic E-state index is 12.2. The molecular formula is C17H22N2O3. The summed E-state index contributed by atoms with van der Waals surface area (Å²) in [6.07, 6.45) is 5.65. The van der Waals surface area contributed by atoms with Crippen molar-refractivity contribution < 1.29 is 14.3 Å². The molecule has 2 amide bonds. The highest BCUT2D eigenvalue weighted by atomic mass is 16.5. The van der Waals surface area contributed by atoms with Gasteiger partial charge >= 0.3 is 6.03 Å². The maximum atomic E-state index is 12.2. The van der Waals surface area contributed by atoms with Crippen molar-refractivity contribution in [2.75, 3.05) is 18.5 Å². The van der Waals surface area contributed by atoms with Crippen LogP contribution in [0, 0.1) is 5.92 Å². The number of nitrogens with one attached hydrogen (secondary N) is 2. The van der Waals surface area contributed by atoms with Gasteiger partial charge in [0.2, 0.25) is 0 Å². The Hall–Kier alpha value is -1.75. The summed E-state index contributed by atoms with van der Waals surface area (Å²) < 4.78 is 11.3. The molecule has 0 bridgehead atoms. The first-order valence-corrected chi connectivity index (χ1v) is 8.23. The third-order valence-corrected chi connectivity index (χ3v) is 4.75. The molecule has 2 fully saturated rings. The van der Waals surface area contributed by atoms with Gasteiger partial charge in [0.1, 0.15) is 5.75 Å². The first kappa shape index (κ1) is 13.9. The van der Waals surface area contributed by atoms with Gasteiger partial charge in [0, 0.05) is 24.8 Å². The van der Waals surface area contributed by atoms with Gasteiger partial charge in [0.15, 0.2) is 0 Å². The largest absolute Gasteiger partial charge is 0.493 e. The summed E-state index contributed by atoms with van der Waals surface area (Å²) in [5.41, 5.74) is 1.99. The number of carbonyl (C=O) groups is 1. The molecule has 3 aliphatic rings. The molecule has 118 valence electrons. The van der Waals surface area contributed by atoms with Crippen LogP contribution in [-0.2, 0) is 11.2 Å². The van der Waals surface area contributed by atoms with Crippen molar-refractivity contribution in [2.24, 2.45) is 5.92 Å². The molecular weight excluding hydrogens is 280 g/mol. The number of anilines is 1. The molecule has 5 nitrogen and oxygen atoms in total. The zero-order valence-corrected chi connectivity index (χ0v) is 12.6. The van der Waals surface area contributed by atoms with E-state index in [1.165, 1.54) is 12.8 Å². The minimum absolute atomic E-state index is 0.125. The zero-order chi connectivity index (χ0) is 14.9. The van der Waals surface area contributed by atoms with Crippen LogP contribution in [0.3, 0.4) is 0 Å². The van der Waals surface area contributed by atoms with Crippen LogP contribution in [0.2, 0.25) is 0 Å². The maximum Gasteiger partial charge on any atom is 0.319 e. The Morgan fingerprint density at radius 2 is 2.09 bits per heavy atom. The van der Waals surface area contributed by atoms with Gasteiger partial charge in [-0.15, -0.1) is 0 Å². The summed E-state index contributed by atoms with van der Waals surface area (Å²) in [6, 6.07) is 5.91. The normalized spacial score (nSPS) is 26.9. The Morgan fingerprint density at radius 1 is 1.18 bits per heavy atom. The number of hydrogen-bond donors (Lipinski definition) is 2. The molecule has 0 unspecified atom stereocenters. The standard InChI is InChI=1S/C17H22N2O3/c20-17(18-13-3-4-15-12(9-13)5-7-21-15)19-14-6-8-22-16(10-14)11-1-2-11/h3-4,9,11,14,16H,1-2,5-8,10H2,(H2,18,19,20)/t14-,16-/m0/s1. The molecule has 0 spiro atoms. The summed E-state index contributed by atoms with van der Waals surface area (Å²) in [6.45, 7) is 1.48. The fraction of sp³-hybridized carbons (Fsp3) is 0.588. The van der Waals surface area contributed by atoms with Crippen LogP contribution in [-0.4, -0.2) is 31.4 Å². The lowest BCUT2D eigenvalue weighted by Crippen LogP contribution is -2.44. The van der Waals surface area contributed by atoms with E-state index in [1.807, 2.05) is 18.2 Å². The number of urea groups is 1. The Balaban J connectivity index is 1.32. The zero-order valence-electron chi connectivity index (χ0n) is 12.6. The Morgan fingerprint density at radius 3 is 2.95 bits per heavy atom. The highest BCUT2D eigenvalue weighted by Gasteiger charge is 2.36. The van der Waals surface area contributed by atoms with E-state index in [2.05, 4.69) is 10.6 Å². The van der Waals surface area contributed by atoms with E-state index in [-0.39, 0.29) is 12.1 Å². The first-order chi connectivity index (χ1) is 10.8. The highest BCUT2D eigenvalue weighted by molar-refractivity contribution is 5.89. The molecule has 2 heterocycles. The summed E-state index contributed by atoms with van der Waals surface area (Å²) in [5.74, 6) is 1.66. The number of carbonyl (C=O) groups excluding carboxylic acids is 1. The van der Waals surface area contributed by atoms with Crippen molar-refractivity contribution in [2.45, 2.75) is 44.2 Å². The number of ether oxygens (including phenoxy) is 2. The second-order valence-electron chi connectivity index (χ2n) is 6.49. The molecule has 5 heteroatoms. The lowest BCUT2D eigenvalue weighted by molar-refractivity contribution is -0.00889. The van der Waals surface area contributed by atoms with Gasteiger partial charge in [-0.3, -0.25) is 0 Å². The van der Waals surface area contributed by atoms with Gasteiger partial charge in [-0.1, -0.05) is 0 Å². The van der Waals surface area contributed by atoms with Crippen molar-refractivity contribution in [3.8, 4) is 5.75 Å². The number of rotatable bonds is 3. The second-order valence-corrected chi connectivity index (χ2v) is 6.49. The lowest BCUT2D eigenvalue weighted by atomic mass is 10.0. The van der Waals surface area contributed by atoms with E-state index in [4.69, 9.17) is 9.47 Å². The molecule has 0 radical (unpaired) electrons. The average molecular weight is 302 g/mol. The van der Waals surface area contributed by atoms with E-state index in [1.54, 1.807) is 0 Å². The number of hydrogen-bond acceptors (Lipinski definition) is 3. The van der Waals surface area contributed by atoms with Crippen LogP contribution in [0.5, 0.6) is 5.75 Å². The Bertz CT molecular complexity index is 571. The third-order valence-electron chi connectivity index (χ3n) is 4.75. The fourth-order valence-electron chi connectivity index (χ4n) is 3.37. The van der Waals surface area contributed by atoms with Crippen LogP contribution in [0.4, 0.5) is 10.5 Å². The quantitative estimate of drug-likeness (QED) is 0.902. The lowest BCUT2D eigenvalue weighted by Gasteiger charge is -2.30. The van der Waals surface area contributed by atoms with Crippen LogP contribution in [0.1, 0.15) is 31.2 Å². The SMILES string of the molecule is O=C(Nc1ccc2c(c1)CCO2)N[C@H]1CCO[C@H](C2CC2)C1. The molecule has 1 saturated heterocycles. The molecule has 1 aromatic rings. The van der Waals surface area contributed by atoms with Gasteiger partial charge in [0.25, 0.3) is 0 Å². The van der Waals surface area contributed by atoms with E-state index in [0.717, 1.165) is 55.4 Å². The van der Waals surface area contributed by atoms with E-state index in [0.29, 0.717) is 6.10 Å². The molecule has 2 aliphatic heterocycles. The molecule has 1 aliphatic carbocycles. The number of amides is 2. The number of benzene rings is 1. The molecule has 2 N–H and O–H groups in total. The van der Waals surface area contributed by atoms with E-state index >= 15 is 0 Å². The topological polar surface area (TPSA) is 59.6 Å². The van der Waals surface area contributed by atoms with Crippen molar-refractivity contribution in [1.82, 2.24) is 5.32 Å². The summed E-state index contributed by atoms with van der Waals surface area (Å²) in [4.78, 5) is 12.2. The van der Waals surface area contributed by atoms with Gasteiger partial charge < -0.3 is 20.1 Å². The highest BCUT2D eigenvalue weighted by Crippen LogP contribution is 2.38. The Labute approximate surface area is 130 Å². The average Bonchev–Trinajstić information content (AvgIpc) is 3.26. The molecule has 2 atom stereocenters. The van der Waals surface area contributed by atoms with Crippen molar-refractivity contribution in [3.05, 3.63) is 23.8 Å². The smallest absolute Gasteiger partial charge is 0.319 e. The monoisotopic (exact) mass is 302 g/mol. The van der Waals surface area contributed by atoms with Crippen LogP contribution in [0.15, 0.2) is 18.2 Å². The van der Waals surface area contributed by atoms with Gasteiger partial charge in [0.05, 0.1) is 12.7 Å². The molecule has 22 heavy (non-hydrogen) atoms. The molecule has 0 aromatic heterocycles. The van der Waals surface area contributed by atoms with Gasteiger partial charge in [-0.25, -0.2) is 4.79 Å². The van der Waals surface area contributed by atoms with Gasteiger partial charge in [-0.2, -0.15) is 0 Å². The summed E-state index contributed by atoms with van der Waals surface area (Å²) >= 11 is 0. The van der Waals surface area contributed by atoms with Crippen molar-refractivity contribution in [1.29, 1.82) is 0 Å². The minimum Gasteiger partial charge on any atom is -0.493 e. The Kier molecular flexibility index (Phi) is 3.66. The second kappa shape index (κ2) is 5.80. The fourth-order valence-corrected chi connectivity index (χ4v) is 3.37. The predicted molar refractivity (Wildman–Crippen MR) is 83.3 cm³/mol. The molecule has 4 rings (SSSR count). The number of fused-ring (bicyclic) bond motifs is 1. The van der Waals surface area contributed by atoms with Crippen LogP contribution >= 0.6 is 0 Å². The van der Waals surface area contributed by atoms with Crippen LogP contribution in [0.25, 0.3) is 0 Å². The summed E-state index contributed by atoms with van der Waals surface area (Å²) in [5, 5.41) is 6.02. The van der Waals surface area contributed by atoms with E-state index < -0.39 is 0 Å². The van der Waals surface area contributed by atoms with Gasteiger partial charge in [-0.05, 0) is 55.4 Å². The van der Waals surface area contributed by atoms with Crippen molar-refractivity contribution in [3.63, 3.8) is 0 Å². The molecule has 1 saturated carbocycles. The van der Waals surface area contributed by atoms with E-state index in [9.17, 15) is 4.79 Å². The summed E-state index contributed by atoms with van der Waals surface area (Å²) in [7, 11) is 0. The third kappa shape index (κ3) is 3.04. The molecule has 1 aromatic carbocycles. The predicted octanol–water partition coefficient (Wildman–Crippen LogP) is 2.70. The first-order valence-electron chi connectivity index (χ1n) is 8.23. The minimum atomic E-state index is -0.125. The van der Waals surface area contributed by atoms with Crippen molar-refractivity contribution >= 4 is 11.7 Å².